The minimum absolute atomic E-state index is 0.754. The first-order valence-electron chi connectivity index (χ1n) is 7.54. The second-order valence-corrected chi connectivity index (χ2v) is 5.28. The van der Waals surface area contributed by atoms with E-state index in [1.54, 1.807) is 0 Å². The molecule has 1 aliphatic heterocycles. The summed E-state index contributed by atoms with van der Waals surface area (Å²) in [5.74, 6) is 0.754. The second-order valence-electron chi connectivity index (χ2n) is 5.28. The zero-order valence-electron chi connectivity index (χ0n) is 12.5. The molecule has 1 heterocycles. The summed E-state index contributed by atoms with van der Waals surface area (Å²) in [7, 11) is 0. The number of nitrogens with zero attached hydrogens (tertiary/aromatic N) is 2. The van der Waals surface area contributed by atoms with Gasteiger partial charge in [-0.15, -0.1) is 0 Å². The third-order valence-corrected chi connectivity index (χ3v) is 3.76. The van der Waals surface area contributed by atoms with Crippen LogP contribution in [0.5, 0.6) is 0 Å². The van der Waals surface area contributed by atoms with E-state index in [1.807, 2.05) is 66.7 Å². The predicted molar refractivity (Wildman–Crippen MR) is 94.3 cm³/mol. The number of hydrogen-bond acceptors (Lipinski definition) is 3. The molecule has 0 aromatic heterocycles. The molecule has 1 N–H and O–H groups in total. The van der Waals surface area contributed by atoms with Crippen LogP contribution in [0.15, 0.2) is 95.0 Å². The van der Waals surface area contributed by atoms with Crippen molar-refractivity contribution in [2.45, 2.75) is 0 Å². The fourth-order valence-corrected chi connectivity index (χ4v) is 2.63. The maximum atomic E-state index is 4.78. The van der Waals surface area contributed by atoms with Crippen molar-refractivity contribution in [2.24, 2.45) is 10.1 Å². The molecule has 3 nitrogen and oxygen atoms in total. The molecule has 1 aliphatic rings. The third-order valence-electron chi connectivity index (χ3n) is 3.76. The molecule has 3 heteroatoms. The largest absolute Gasteiger partial charge is 0.260 e. The molecule has 0 spiro atoms. The molecule has 110 valence electrons. The van der Waals surface area contributed by atoms with Gasteiger partial charge in [-0.25, -0.2) is 4.99 Å². The Kier molecular flexibility index (Phi) is 3.45. The zero-order chi connectivity index (χ0) is 15.5. The van der Waals surface area contributed by atoms with Gasteiger partial charge in [0.15, 0.2) is 5.84 Å². The van der Waals surface area contributed by atoms with Crippen molar-refractivity contribution in [3.63, 3.8) is 0 Å². The SMILES string of the molecule is c1ccc(C2=Nc3ccccc3C(c3ccccc3)=NN2)cc1. The minimum Gasteiger partial charge on any atom is -0.260 e. The molecular weight excluding hydrogens is 282 g/mol. The molecule has 3 aromatic carbocycles. The van der Waals surface area contributed by atoms with Crippen molar-refractivity contribution >= 4 is 17.2 Å². The van der Waals surface area contributed by atoms with Gasteiger partial charge in [-0.05, 0) is 6.07 Å². The van der Waals surface area contributed by atoms with E-state index in [-0.39, 0.29) is 0 Å². The van der Waals surface area contributed by atoms with Gasteiger partial charge >= 0.3 is 0 Å². The van der Waals surface area contributed by atoms with Crippen molar-refractivity contribution < 1.29 is 0 Å². The quantitative estimate of drug-likeness (QED) is 0.759. The highest BCUT2D eigenvalue weighted by Crippen LogP contribution is 2.25. The van der Waals surface area contributed by atoms with Crippen LogP contribution in [0.2, 0.25) is 0 Å². The van der Waals surface area contributed by atoms with Gasteiger partial charge in [-0.1, -0.05) is 78.9 Å². The average molecular weight is 297 g/mol. The van der Waals surface area contributed by atoms with Crippen molar-refractivity contribution in [3.8, 4) is 0 Å². The maximum absolute atomic E-state index is 4.78. The lowest BCUT2D eigenvalue weighted by molar-refractivity contribution is 1.03. The number of amidine groups is 1. The lowest BCUT2D eigenvalue weighted by Gasteiger charge is -2.06. The van der Waals surface area contributed by atoms with Gasteiger partial charge in [0.1, 0.15) is 0 Å². The van der Waals surface area contributed by atoms with E-state index >= 15 is 0 Å². The number of para-hydroxylation sites is 1. The van der Waals surface area contributed by atoms with Gasteiger partial charge in [0.05, 0.1) is 11.4 Å². The molecule has 23 heavy (non-hydrogen) atoms. The monoisotopic (exact) mass is 297 g/mol. The van der Waals surface area contributed by atoms with Crippen LogP contribution in [0, 0.1) is 0 Å². The number of nitrogens with one attached hydrogen (secondary N) is 1. The first kappa shape index (κ1) is 13.5. The topological polar surface area (TPSA) is 36.8 Å². The second kappa shape index (κ2) is 5.89. The number of benzene rings is 3. The first-order valence-corrected chi connectivity index (χ1v) is 7.54. The minimum atomic E-state index is 0.754. The molecule has 0 bridgehead atoms. The van der Waals surface area contributed by atoms with E-state index in [9.17, 15) is 0 Å². The lowest BCUT2D eigenvalue weighted by Crippen LogP contribution is -2.19. The smallest absolute Gasteiger partial charge is 0.154 e. The summed E-state index contributed by atoms with van der Waals surface area (Å²) < 4.78 is 0. The first-order chi connectivity index (χ1) is 11.4. The van der Waals surface area contributed by atoms with Crippen LogP contribution in [0.25, 0.3) is 0 Å². The summed E-state index contributed by atoms with van der Waals surface area (Å²) in [4.78, 5) is 4.78. The molecule has 0 fully saturated rings. The Balaban J connectivity index is 1.87. The van der Waals surface area contributed by atoms with Gasteiger partial charge in [0, 0.05) is 16.7 Å². The van der Waals surface area contributed by atoms with Crippen LogP contribution in [0.4, 0.5) is 5.69 Å². The van der Waals surface area contributed by atoms with Crippen molar-refractivity contribution in [2.75, 3.05) is 0 Å². The molecule has 0 saturated heterocycles. The molecule has 0 saturated carbocycles. The maximum Gasteiger partial charge on any atom is 0.154 e. The number of aliphatic imine (C=N–C) groups is 1. The van der Waals surface area contributed by atoms with E-state index in [0.29, 0.717) is 0 Å². The number of rotatable bonds is 2. The van der Waals surface area contributed by atoms with E-state index in [2.05, 4.69) is 28.7 Å². The highest BCUT2D eigenvalue weighted by Gasteiger charge is 2.16. The summed E-state index contributed by atoms with van der Waals surface area (Å²) in [6, 6.07) is 28.3. The highest BCUT2D eigenvalue weighted by atomic mass is 15.3. The van der Waals surface area contributed by atoms with E-state index in [4.69, 9.17) is 4.99 Å². The summed E-state index contributed by atoms with van der Waals surface area (Å²) in [5, 5.41) is 4.63. The van der Waals surface area contributed by atoms with E-state index in [0.717, 1.165) is 33.9 Å². The van der Waals surface area contributed by atoms with Crippen LogP contribution in [0.3, 0.4) is 0 Å². The van der Waals surface area contributed by atoms with Crippen molar-refractivity contribution in [3.05, 3.63) is 102 Å². The Hall–Kier alpha value is -3.20. The van der Waals surface area contributed by atoms with Crippen LogP contribution < -0.4 is 5.43 Å². The number of hydrogen-bond donors (Lipinski definition) is 1. The zero-order valence-corrected chi connectivity index (χ0v) is 12.5. The Morgan fingerprint density at radius 1 is 0.609 bits per heavy atom. The van der Waals surface area contributed by atoms with E-state index in [1.165, 1.54) is 0 Å². The van der Waals surface area contributed by atoms with Gasteiger partial charge in [-0.2, -0.15) is 5.10 Å². The highest BCUT2D eigenvalue weighted by molar-refractivity contribution is 6.17. The molecule has 4 rings (SSSR count). The standard InChI is InChI=1S/C20H15N3/c1-3-9-15(10-4-1)19-17-13-7-8-14-18(17)21-20(23-22-19)16-11-5-2-6-12-16/h1-14H,(H,21,23). The van der Waals surface area contributed by atoms with Gasteiger partial charge < -0.3 is 0 Å². The summed E-state index contributed by atoms with van der Waals surface area (Å²) in [6.07, 6.45) is 0. The molecule has 0 radical (unpaired) electrons. The summed E-state index contributed by atoms with van der Waals surface area (Å²) in [6.45, 7) is 0. The fourth-order valence-electron chi connectivity index (χ4n) is 2.63. The molecular formula is C20H15N3. The van der Waals surface area contributed by atoms with Crippen molar-refractivity contribution in [1.82, 2.24) is 5.43 Å². The lowest BCUT2D eigenvalue weighted by atomic mass is 10.0. The molecule has 3 aromatic rings. The fraction of sp³-hybridized carbons (Fsp3) is 0. The predicted octanol–water partition coefficient (Wildman–Crippen LogP) is 4.12. The molecule has 0 unspecified atom stereocenters. The normalized spacial score (nSPS) is 13.2. The molecule has 0 atom stereocenters. The average Bonchev–Trinajstić information content (AvgIpc) is 2.83. The number of hydrazone groups is 1. The van der Waals surface area contributed by atoms with Crippen LogP contribution in [-0.2, 0) is 0 Å². The Labute approximate surface area is 135 Å². The van der Waals surface area contributed by atoms with Gasteiger partial charge in [0.2, 0.25) is 0 Å². The van der Waals surface area contributed by atoms with Crippen LogP contribution in [0.1, 0.15) is 16.7 Å². The molecule has 0 amide bonds. The number of fused-ring (bicyclic) bond motifs is 1. The van der Waals surface area contributed by atoms with Crippen molar-refractivity contribution in [1.29, 1.82) is 0 Å². The Morgan fingerprint density at radius 3 is 1.96 bits per heavy atom. The van der Waals surface area contributed by atoms with Gasteiger partial charge in [-0.3, -0.25) is 5.43 Å². The molecule has 0 aliphatic carbocycles. The van der Waals surface area contributed by atoms with E-state index < -0.39 is 0 Å². The van der Waals surface area contributed by atoms with Crippen LogP contribution >= 0.6 is 0 Å². The van der Waals surface area contributed by atoms with Crippen LogP contribution in [-0.4, -0.2) is 11.5 Å². The summed E-state index contributed by atoms with van der Waals surface area (Å²) in [5.41, 5.74) is 8.05. The Bertz CT molecular complexity index is 881. The Morgan fingerprint density at radius 2 is 1.22 bits per heavy atom. The van der Waals surface area contributed by atoms with Gasteiger partial charge in [0.25, 0.3) is 0 Å². The summed E-state index contributed by atoms with van der Waals surface area (Å²) >= 11 is 0. The third kappa shape index (κ3) is 2.64.